The quantitative estimate of drug-likeness (QED) is 0.291. The summed E-state index contributed by atoms with van der Waals surface area (Å²) < 4.78 is 7.33. The zero-order valence-corrected chi connectivity index (χ0v) is 22.5. The summed E-state index contributed by atoms with van der Waals surface area (Å²) in [6.45, 7) is 4.59. The van der Waals surface area contributed by atoms with Crippen LogP contribution in [0.5, 0.6) is 5.88 Å². The summed E-state index contributed by atoms with van der Waals surface area (Å²) in [5, 5.41) is 3.21. The van der Waals surface area contributed by atoms with Crippen LogP contribution >= 0.6 is 11.8 Å². The van der Waals surface area contributed by atoms with E-state index in [9.17, 15) is 4.79 Å². The van der Waals surface area contributed by atoms with Crippen molar-refractivity contribution < 1.29 is 4.74 Å². The SMILES string of the molecule is CCSc1ccc(CNc2nc3cnc(-c4c(OC)ncnc4C4CC4)nc3n([C@@H](C)C3CC3)c2=O)nc1. The van der Waals surface area contributed by atoms with Gasteiger partial charge in [-0.15, -0.1) is 11.8 Å². The first-order valence-corrected chi connectivity index (χ1v) is 14.1. The standard InChI is InChI=1S/C27H30N8O2S/c1-4-38-19-10-9-18(28-12-19)11-29-24-27(36)35(15(2)16-5-6-16)25-20(33-24)13-30-23(34-25)21-22(17-7-8-17)31-14-32-26(21)37-3/h9-10,12-17H,4-8,11H2,1-3H3,(H,29,33)/t15-/m0/s1. The number of nitrogens with one attached hydrogen (secondary N) is 1. The lowest BCUT2D eigenvalue weighted by atomic mass is 10.1. The monoisotopic (exact) mass is 530 g/mol. The van der Waals surface area contributed by atoms with Crippen molar-refractivity contribution >= 4 is 28.7 Å². The zero-order chi connectivity index (χ0) is 26.2. The molecule has 4 heterocycles. The van der Waals surface area contributed by atoms with Gasteiger partial charge < -0.3 is 10.1 Å². The normalized spacial score (nSPS) is 16.0. The lowest BCUT2D eigenvalue weighted by Gasteiger charge is -2.19. The number of pyridine rings is 1. The number of rotatable bonds is 10. The number of hydrogen-bond donors (Lipinski definition) is 1. The van der Waals surface area contributed by atoms with Gasteiger partial charge in [0.25, 0.3) is 5.56 Å². The fourth-order valence-corrected chi connectivity index (χ4v) is 5.38. The van der Waals surface area contributed by atoms with Crippen LogP contribution in [0.3, 0.4) is 0 Å². The highest BCUT2D eigenvalue weighted by Crippen LogP contribution is 2.45. The molecule has 0 radical (unpaired) electrons. The second-order valence-electron chi connectivity index (χ2n) is 9.81. The van der Waals surface area contributed by atoms with E-state index < -0.39 is 0 Å². The first-order valence-electron chi connectivity index (χ1n) is 13.1. The van der Waals surface area contributed by atoms with E-state index in [1.165, 1.54) is 6.33 Å². The van der Waals surface area contributed by atoms with E-state index >= 15 is 0 Å². The maximum absolute atomic E-state index is 13.8. The molecule has 0 unspecified atom stereocenters. The largest absolute Gasteiger partial charge is 0.480 e. The summed E-state index contributed by atoms with van der Waals surface area (Å²) in [6, 6.07) is 4.00. The average Bonchev–Trinajstić information content (AvgIpc) is 3.85. The molecule has 0 aromatic carbocycles. The van der Waals surface area contributed by atoms with Crippen molar-refractivity contribution in [2.45, 2.75) is 62.9 Å². The molecule has 4 aromatic rings. The fourth-order valence-electron chi connectivity index (χ4n) is 4.76. The molecule has 2 saturated carbocycles. The minimum atomic E-state index is -0.196. The highest BCUT2D eigenvalue weighted by atomic mass is 32.2. The molecule has 196 valence electrons. The first-order chi connectivity index (χ1) is 18.6. The minimum Gasteiger partial charge on any atom is -0.480 e. The van der Waals surface area contributed by atoms with Gasteiger partial charge in [0.05, 0.1) is 31.2 Å². The Hall–Kier alpha value is -3.60. The van der Waals surface area contributed by atoms with Gasteiger partial charge in [0.15, 0.2) is 17.3 Å². The molecule has 2 aliphatic rings. The molecule has 10 nitrogen and oxygen atoms in total. The van der Waals surface area contributed by atoms with Crippen LogP contribution in [-0.4, -0.2) is 47.3 Å². The Morgan fingerprint density at radius 2 is 1.95 bits per heavy atom. The Kier molecular flexibility index (Phi) is 6.69. The third kappa shape index (κ3) is 4.82. The van der Waals surface area contributed by atoms with Crippen LogP contribution in [0.25, 0.3) is 22.6 Å². The highest BCUT2D eigenvalue weighted by molar-refractivity contribution is 7.99. The summed E-state index contributed by atoms with van der Waals surface area (Å²) in [4.78, 5) is 42.4. The number of thioether (sulfide) groups is 1. The lowest BCUT2D eigenvalue weighted by Crippen LogP contribution is -2.29. The Morgan fingerprint density at radius 3 is 2.63 bits per heavy atom. The number of hydrogen-bond acceptors (Lipinski definition) is 10. The number of ether oxygens (including phenoxy) is 1. The van der Waals surface area contributed by atoms with Crippen LogP contribution in [0, 0.1) is 5.92 Å². The van der Waals surface area contributed by atoms with Gasteiger partial charge >= 0.3 is 0 Å². The van der Waals surface area contributed by atoms with Gasteiger partial charge in [-0.1, -0.05) is 6.92 Å². The Morgan fingerprint density at radius 1 is 1.11 bits per heavy atom. The third-order valence-corrected chi connectivity index (χ3v) is 7.98. The maximum atomic E-state index is 13.8. The molecular weight excluding hydrogens is 500 g/mol. The molecule has 2 aliphatic carbocycles. The van der Waals surface area contributed by atoms with Gasteiger partial charge in [-0.05, 0) is 56.4 Å². The van der Waals surface area contributed by atoms with Crippen molar-refractivity contribution in [3.63, 3.8) is 0 Å². The predicted molar refractivity (Wildman–Crippen MR) is 147 cm³/mol. The van der Waals surface area contributed by atoms with Crippen molar-refractivity contribution in [1.82, 2.24) is 34.5 Å². The molecule has 0 amide bonds. The van der Waals surface area contributed by atoms with Gasteiger partial charge in [-0.2, -0.15) is 0 Å². The van der Waals surface area contributed by atoms with E-state index in [1.54, 1.807) is 29.6 Å². The summed E-state index contributed by atoms with van der Waals surface area (Å²) >= 11 is 1.75. The van der Waals surface area contributed by atoms with Gasteiger partial charge in [0.2, 0.25) is 5.88 Å². The fraction of sp³-hybridized carbons (Fsp3) is 0.444. The van der Waals surface area contributed by atoms with Crippen molar-refractivity contribution in [3.05, 3.63) is 52.6 Å². The number of fused-ring (bicyclic) bond motifs is 1. The Bertz CT molecular complexity index is 1530. The molecule has 0 bridgehead atoms. The van der Waals surface area contributed by atoms with Crippen LogP contribution in [0.1, 0.15) is 62.9 Å². The first kappa shape index (κ1) is 24.7. The van der Waals surface area contributed by atoms with Crippen molar-refractivity contribution in [2.75, 3.05) is 18.2 Å². The Labute approximate surface area is 224 Å². The molecule has 0 spiro atoms. The number of methoxy groups -OCH3 is 1. The minimum absolute atomic E-state index is 0.0170. The molecule has 0 aliphatic heterocycles. The van der Waals surface area contributed by atoms with Crippen molar-refractivity contribution in [2.24, 2.45) is 5.92 Å². The topological polar surface area (TPSA) is 121 Å². The molecule has 0 saturated heterocycles. The second-order valence-corrected chi connectivity index (χ2v) is 11.1. The summed E-state index contributed by atoms with van der Waals surface area (Å²) in [7, 11) is 1.58. The van der Waals surface area contributed by atoms with Crippen LogP contribution in [-0.2, 0) is 6.54 Å². The second kappa shape index (κ2) is 10.3. The van der Waals surface area contributed by atoms with E-state index in [4.69, 9.17) is 9.72 Å². The van der Waals surface area contributed by atoms with Gasteiger partial charge in [0.1, 0.15) is 17.4 Å². The van der Waals surface area contributed by atoms with Crippen LogP contribution in [0.2, 0.25) is 0 Å². The molecule has 1 atom stereocenters. The average molecular weight is 531 g/mol. The van der Waals surface area contributed by atoms with Crippen molar-refractivity contribution in [1.29, 1.82) is 0 Å². The van der Waals surface area contributed by atoms with Crippen molar-refractivity contribution in [3.8, 4) is 17.3 Å². The number of aromatic nitrogens is 7. The van der Waals surface area contributed by atoms with Gasteiger partial charge in [-0.3, -0.25) is 14.3 Å². The number of anilines is 1. The zero-order valence-electron chi connectivity index (χ0n) is 21.7. The van der Waals surface area contributed by atoms with Gasteiger partial charge in [0, 0.05) is 23.1 Å². The maximum Gasteiger partial charge on any atom is 0.295 e. The van der Waals surface area contributed by atoms with E-state index in [1.807, 2.05) is 18.3 Å². The Balaban J connectivity index is 1.41. The molecule has 2 fully saturated rings. The van der Waals surface area contributed by atoms with E-state index in [0.29, 0.717) is 46.8 Å². The molecular formula is C27H30N8O2S. The third-order valence-electron chi connectivity index (χ3n) is 7.11. The van der Waals surface area contributed by atoms with Crippen LogP contribution in [0.15, 0.2) is 40.5 Å². The van der Waals surface area contributed by atoms with E-state index in [-0.39, 0.29) is 17.4 Å². The summed E-state index contributed by atoms with van der Waals surface area (Å²) in [6.07, 6.45) is 9.38. The summed E-state index contributed by atoms with van der Waals surface area (Å²) in [5.74, 6) is 2.94. The smallest absolute Gasteiger partial charge is 0.295 e. The summed E-state index contributed by atoms with van der Waals surface area (Å²) in [5.41, 5.74) is 3.28. The van der Waals surface area contributed by atoms with Crippen LogP contribution < -0.4 is 15.6 Å². The molecule has 38 heavy (non-hydrogen) atoms. The van der Waals surface area contributed by atoms with E-state index in [2.05, 4.69) is 44.1 Å². The molecule has 1 N–H and O–H groups in total. The van der Waals surface area contributed by atoms with Gasteiger partial charge in [-0.25, -0.2) is 24.9 Å². The molecule has 11 heteroatoms. The molecule has 6 rings (SSSR count). The van der Waals surface area contributed by atoms with E-state index in [0.717, 1.165) is 47.7 Å². The van der Waals surface area contributed by atoms with Crippen LogP contribution in [0.4, 0.5) is 5.82 Å². The molecule has 4 aromatic heterocycles. The lowest BCUT2D eigenvalue weighted by molar-refractivity contribution is 0.397. The highest BCUT2D eigenvalue weighted by Gasteiger charge is 2.33. The predicted octanol–water partition coefficient (Wildman–Crippen LogP) is 4.62. The number of nitrogens with zero attached hydrogens (tertiary/aromatic N) is 7.